The standard InChI is InChI=1S/C37H65O10P/c1-3-5-7-9-11-13-15-17-19-21-23-25-27-29-37(41)47-35(33-46-48(42,43)45-31-34(39)30-38)32-44-36(40)28-26-24-22-20-18-16-14-12-10-8-6-4-2/h5,7,9,11,13,15,17,19,34-35,38-39H,3-4,6,8,10,12,14,16,18,20-33H2,1-2H3,(H,42,43)/b7-5+,11-9+,15-13+,19-17+/t34-,35?/m0/s1. The molecule has 0 spiro atoms. The average molecular weight is 701 g/mol. The molecule has 2 unspecified atom stereocenters. The highest BCUT2D eigenvalue weighted by atomic mass is 31.2. The summed E-state index contributed by atoms with van der Waals surface area (Å²) in [6.45, 7) is 2.16. The van der Waals surface area contributed by atoms with Crippen LogP contribution in [0.4, 0.5) is 0 Å². The molecule has 3 atom stereocenters. The van der Waals surface area contributed by atoms with E-state index in [4.69, 9.17) is 19.1 Å². The normalized spacial score (nSPS) is 14.7. The van der Waals surface area contributed by atoms with Gasteiger partial charge in [-0.3, -0.25) is 18.6 Å². The van der Waals surface area contributed by atoms with Gasteiger partial charge in [0, 0.05) is 12.8 Å². The van der Waals surface area contributed by atoms with Crippen molar-refractivity contribution in [2.75, 3.05) is 26.4 Å². The van der Waals surface area contributed by atoms with Crippen LogP contribution in [0.25, 0.3) is 0 Å². The number of rotatable bonds is 33. The van der Waals surface area contributed by atoms with Crippen LogP contribution in [-0.4, -0.2) is 65.7 Å². The largest absolute Gasteiger partial charge is 0.472 e. The number of hydrogen-bond acceptors (Lipinski definition) is 9. The smallest absolute Gasteiger partial charge is 0.462 e. The van der Waals surface area contributed by atoms with E-state index in [9.17, 15) is 24.2 Å². The van der Waals surface area contributed by atoms with Gasteiger partial charge in [-0.1, -0.05) is 140 Å². The van der Waals surface area contributed by atoms with E-state index in [1.165, 1.54) is 51.4 Å². The van der Waals surface area contributed by atoms with Gasteiger partial charge in [0.1, 0.15) is 12.7 Å². The molecular formula is C37H65O10P. The third kappa shape index (κ3) is 32.5. The Hall–Kier alpha value is -2.07. The SMILES string of the molecule is CC/C=C/C=C/C=C/C=C/CCCCCC(=O)OC(COC(=O)CCCCCCCCCCCCCC)COP(=O)(O)OC[C@@H](O)CO. The fourth-order valence-electron chi connectivity index (χ4n) is 4.53. The van der Waals surface area contributed by atoms with Crippen molar-refractivity contribution in [3.63, 3.8) is 0 Å². The zero-order valence-corrected chi connectivity index (χ0v) is 30.6. The molecule has 0 saturated carbocycles. The van der Waals surface area contributed by atoms with Gasteiger partial charge >= 0.3 is 19.8 Å². The van der Waals surface area contributed by atoms with Crippen LogP contribution in [0.3, 0.4) is 0 Å². The second-order valence-corrected chi connectivity index (χ2v) is 13.4. The molecule has 0 aliphatic rings. The number of carbonyl (C=O) groups excluding carboxylic acids is 2. The van der Waals surface area contributed by atoms with Crippen molar-refractivity contribution in [2.24, 2.45) is 0 Å². The fourth-order valence-corrected chi connectivity index (χ4v) is 5.32. The van der Waals surface area contributed by atoms with E-state index in [1.807, 2.05) is 36.5 Å². The first-order valence-electron chi connectivity index (χ1n) is 18.1. The van der Waals surface area contributed by atoms with E-state index in [-0.39, 0.29) is 19.4 Å². The predicted octanol–water partition coefficient (Wildman–Crippen LogP) is 8.60. The molecule has 0 fully saturated rings. The third-order valence-electron chi connectivity index (χ3n) is 7.34. The van der Waals surface area contributed by atoms with Gasteiger partial charge in [-0.05, 0) is 32.1 Å². The first kappa shape index (κ1) is 45.9. The molecule has 10 nitrogen and oxygen atoms in total. The van der Waals surface area contributed by atoms with E-state index < -0.39 is 51.8 Å². The van der Waals surface area contributed by atoms with Crippen LogP contribution in [0.5, 0.6) is 0 Å². The second-order valence-electron chi connectivity index (χ2n) is 12.0. The number of carbonyl (C=O) groups is 2. The molecule has 0 aromatic heterocycles. The van der Waals surface area contributed by atoms with E-state index in [0.29, 0.717) is 12.8 Å². The molecule has 3 N–H and O–H groups in total. The molecule has 0 amide bonds. The van der Waals surface area contributed by atoms with Crippen molar-refractivity contribution in [1.82, 2.24) is 0 Å². The van der Waals surface area contributed by atoms with Crippen molar-refractivity contribution >= 4 is 19.8 Å². The summed E-state index contributed by atoms with van der Waals surface area (Å²) in [5.41, 5.74) is 0. The highest BCUT2D eigenvalue weighted by Gasteiger charge is 2.27. The summed E-state index contributed by atoms with van der Waals surface area (Å²) < 4.78 is 32.5. The molecule has 278 valence electrons. The molecule has 0 saturated heterocycles. The minimum Gasteiger partial charge on any atom is -0.462 e. The van der Waals surface area contributed by atoms with Crippen molar-refractivity contribution in [3.05, 3.63) is 48.6 Å². The number of ether oxygens (including phenoxy) is 2. The van der Waals surface area contributed by atoms with Crippen LogP contribution in [-0.2, 0) is 32.7 Å². The lowest BCUT2D eigenvalue weighted by Crippen LogP contribution is -2.29. The van der Waals surface area contributed by atoms with Gasteiger partial charge in [-0.15, -0.1) is 0 Å². The van der Waals surface area contributed by atoms with Crippen LogP contribution in [0, 0.1) is 0 Å². The topological polar surface area (TPSA) is 149 Å². The summed E-state index contributed by atoms with van der Waals surface area (Å²) >= 11 is 0. The van der Waals surface area contributed by atoms with E-state index in [2.05, 4.69) is 30.5 Å². The molecule has 0 aliphatic carbocycles. The lowest BCUT2D eigenvalue weighted by Gasteiger charge is -2.20. The Morgan fingerprint density at radius 1 is 0.646 bits per heavy atom. The Kier molecular flexibility index (Phi) is 32.0. The van der Waals surface area contributed by atoms with Crippen molar-refractivity contribution < 1.29 is 47.8 Å². The van der Waals surface area contributed by atoms with E-state index in [1.54, 1.807) is 0 Å². The monoisotopic (exact) mass is 700 g/mol. The number of allylic oxidation sites excluding steroid dienone is 8. The molecule has 0 radical (unpaired) electrons. The molecule has 0 aromatic rings. The number of aliphatic hydroxyl groups excluding tert-OH is 2. The Balaban J connectivity index is 4.48. The molecule has 0 rings (SSSR count). The summed E-state index contributed by atoms with van der Waals surface area (Å²) in [5, 5.41) is 18.2. The molecule has 11 heteroatoms. The number of unbranched alkanes of at least 4 members (excludes halogenated alkanes) is 14. The van der Waals surface area contributed by atoms with E-state index >= 15 is 0 Å². The third-order valence-corrected chi connectivity index (χ3v) is 8.29. The van der Waals surface area contributed by atoms with Gasteiger partial charge in [-0.2, -0.15) is 0 Å². The second kappa shape index (κ2) is 33.4. The van der Waals surface area contributed by atoms with E-state index in [0.717, 1.165) is 44.9 Å². The van der Waals surface area contributed by atoms with Crippen LogP contribution in [0.15, 0.2) is 48.6 Å². The van der Waals surface area contributed by atoms with Crippen molar-refractivity contribution in [1.29, 1.82) is 0 Å². The summed E-state index contributed by atoms with van der Waals surface area (Å²) in [7, 11) is -4.62. The Labute approximate surface area is 290 Å². The molecule has 0 aromatic carbocycles. The number of aliphatic hydroxyl groups is 2. The molecule has 0 bridgehead atoms. The Bertz CT molecular complexity index is 946. The minimum atomic E-state index is -4.62. The number of phosphoric ester groups is 1. The molecule has 0 heterocycles. The maximum absolute atomic E-state index is 12.5. The highest BCUT2D eigenvalue weighted by Crippen LogP contribution is 2.43. The maximum Gasteiger partial charge on any atom is 0.472 e. The van der Waals surface area contributed by atoms with Crippen LogP contribution < -0.4 is 0 Å². The lowest BCUT2D eigenvalue weighted by atomic mass is 10.0. The summed E-state index contributed by atoms with van der Waals surface area (Å²) in [5.74, 6) is -0.975. The fraction of sp³-hybridized carbons (Fsp3) is 0.730. The Morgan fingerprint density at radius 2 is 1.15 bits per heavy atom. The van der Waals surface area contributed by atoms with Gasteiger partial charge in [-0.25, -0.2) is 4.57 Å². The Morgan fingerprint density at radius 3 is 1.73 bits per heavy atom. The first-order chi connectivity index (χ1) is 23.2. The molecular weight excluding hydrogens is 635 g/mol. The quantitative estimate of drug-likeness (QED) is 0.0263. The molecule has 48 heavy (non-hydrogen) atoms. The van der Waals surface area contributed by atoms with Gasteiger partial charge in [0.2, 0.25) is 0 Å². The lowest BCUT2D eigenvalue weighted by molar-refractivity contribution is -0.161. The van der Waals surface area contributed by atoms with Crippen LogP contribution >= 0.6 is 7.82 Å². The van der Waals surface area contributed by atoms with Gasteiger partial charge in [0.15, 0.2) is 6.10 Å². The number of hydrogen-bond donors (Lipinski definition) is 3. The predicted molar refractivity (Wildman–Crippen MR) is 191 cm³/mol. The first-order valence-corrected chi connectivity index (χ1v) is 19.6. The van der Waals surface area contributed by atoms with Crippen LogP contribution in [0.1, 0.15) is 136 Å². The zero-order valence-electron chi connectivity index (χ0n) is 29.7. The van der Waals surface area contributed by atoms with Crippen LogP contribution in [0.2, 0.25) is 0 Å². The van der Waals surface area contributed by atoms with Gasteiger partial charge in [0.25, 0.3) is 0 Å². The van der Waals surface area contributed by atoms with Gasteiger partial charge < -0.3 is 24.6 Å². The zero-order chi connectivity index (χ0) is 35.6. The molecule has 0 aliphatic heterocycles. The highest BCUT2D eigenvalue weighted by molar-refractivity contribution is 7.47. The van der Waals surface area contributed by atoms with Gasteiger partial charge in [0.05, 0.1) is 19.8 Å². The van der Waals surface area contributed by atoms with Crippen molar-refractivity contribution in [3.8, 4) is 0 Å². The summed E-state index contributed by atoms with van der Waals surface area (Å²) in [6, 6.07) is 0. The summed E-state index contributed by atoms with van der Waals surface area (Å²) in [6.07, 6.45) is 32.3. The summed E-state index contributed by atoms with van der Waals surface area (Å²) in [4.78, 5) is 34.7. The minimum absolute atomic E-state index is 0.138. The number of phosphoric acid groups is 1. The van der Waals surface area contributed by atoms with Crippen molar-refractivity contribution in [2.45, 2.75) is 148 Å². The maximum atomic E-state index is 12.5. The average Bonchev–Trinajstić information content (AvgIpc) is 3.07. The number of esters is 2.